The summed E-state index contributed by atoms with van der Waals surface area (Å²) >= 11 is 6.37. The van der Waals surface area contributed by atoms with Crippen molar-refractivity contribution in [1.82, 2.24) is 20.3 Å². The van der Waals surface area contributed by atoms with Crippen LogP contribution in [-0.4, -0.2) is 53.7 Å². The standard InChI is InChI=1S/C23H30ClFN6O2/c1-2-23(5-8-33-9-6-23)14-29-21-20(25)28-13-18(30-21)16-10-19(27-12-17(16)24)31-22(32)15-4-3-7-26-11-15/h10,12-13,15,26H,2-9,11,14H2,1H3,(H,29,30)(H,27,31,32)/t15-/m1/s1. The normalized spacial score (nSPS) is 20.3. The molecule has 0 aliphatic carbocycles. The molecule has 2 aliphatic rings. The zero-order valence-electron chi connectivity index (χ0n) is 18.8. The number of rotatable bonds is 7. The molecule has 0 radical (unpaired) electrons. The van der Waals surface area contributed by atoms with E-state index in [4.69, 9.17) is 16.3 Å². The van der Waals surface area contributed by atoms with Crippen LogP contribution in [0.15, 0.2) is 18.5 Å². The quantitative estimate of drug-likeness (QED) is 0.557. The number of piperidine rings is 1. The molecular weight excluding hydrogens is 447 g/mol. The van der Waals surface area contributed by atoms with Crippen molar-refractivity contribution in [3.05, 3.63) is 29.4 Å². The summed E-state index contributed by atoms with van der Waals surface area (Å²) in [5, 5.41) is 9.58. The molecule has 0 spiro atoms. The predicted octanol–water partition coefficient (Wildman–Crippen LogP) is 3.89. The number of pyridine rings is 1. The Labute approximate surface area is 198 Å². The maximum Gasteiger partial charge on any atom is 0.255 e. The molecule has 2 aliphatic heterocycles. The summed E-state index contributed by atoms with van der Waals surface area (Å²) in [5.74, 6) is -0.397. The van der Waals surface area contributed by atoms with Gasteiger partial charge in [0, 0.05) is 38.1 Å². The number of carbonyl (C=O) groups excluding carboxylic acids is 1. The minimum Gasteiger partial charge on any atom is -0.381 e. The molecule has 4 heterocycles. The Hall–Kier alpha value is -2.36. The van der Waals surface area contributed by atoms with Crippen molar-refractivity contribution in [3.8, 4) is 11.3 Å². The summed E-state index contributed by atoms with van der Waals surface area (Å²) in [6.07, 6.45) is 7.39. The summed E-state index contributed by atoms with van der Waals surface area (Å²) in [4.78, 5) is 25.1. The highest BCUT2D eigenvalue weighted by Gasteiger charge is 2.31. The molecule has 3 N–H and O–H groups in total. The number of halogens is 2. The number of aromatic nitrogens is 3. The van der Waals surface area contributed by atoms with Crippen LogP contribution in [0.4, 0.5) is 16.0 Å². The number of nitrogens with one attached hydrogen (secondary N) is 3. The lowest BCUT2D eigenvalue weighted by Crippen LogP contribution is -2.37. The van der Waals surface area contributed by atoms with Gasteiger partial charge in [-0.3, -0.25) is 4.79 Å². The summed E-state index contributed by atoms with van der Waals surface area (Å²) < 4.78 is 19.9. The number of amides is 1. The molecule has 0 unspecified atom stereocenters. The van der Waals surface area contributed by atoms with Gasteiger partial charge in [-0.05, 0) is 50.1 Å². The van der Waals surface area contributed by atoms with Crippen LogP contribution in [0.3, 0.4) is 0 Å². The lowest BCUT2D eigenvalue weighted by Gasteiger charge is -2.36. The van der Waals surface area contributed by atoms with Crippen LogP contribution >= 0.6 is 11.6 Å². The molecule has 2 fully saturated rings. The second-order valence-electron chi connectivity index (χ2n) is 8.80. The van der Waals surface area contributed by atoms with Gasteiger partial charge >= 0.3 is 0 Å². The van der Waals surface area contributed by atoms with E-state index in [0.29, 0.717) is 48.4 Å². The van der Waals surface area contributed by atoms with Crippen LogP contribution in [0, 0.1) is 17.3 Å². The highest BCUT2D eigenvalue weighted by Crippen LogP contribution is 2.35. The van der Waals surface area contributed by atoms with Gasteiger partial charge in [0.2, 0.25) is 5.91 Å². The van der Waals surface area contributed by atoms with Gasteiger partial charge in [-0.2, -0.15) is 4.39 Å². The number of hydrogen-bond donors (Lipinski definition) is 3. The molecule has 0 saturated carbocycles. The SMILES string of the molecule is CCC1(CNc2nc(-c3cc(NC(=O)[C@@H]4CCCNC4)ncc3Cl)cnc2F)CCOCC1. The van der Waals surface area contributed by atoms with Crippen molar-refractivity contribution in [3.63, 3.8) is 0 Å². The molecule has 0 aromatic carbocycles. The topological polar surface area (TPSA) is 101 Å². The fourth-order valence-corrected chi connectivity index (χ4v) is 4.55. The minimum atomic E-state index is -0.666. The van der Waals surface area contributed by atoms with Gasteiger partial charge in [0.25, 0.3) is 5.95 Å². The van der Waals surface area contributed by atoms with Gasteiger partial charge in [0.1, 0.15) is 5.82 Å². The van der Waals surface area contributed by atoms with Gasteiger partial charge in [-0.1, -0.05) is 18.5 Å². The number of nitrogens with zero attached hydrogens (tertiary/aromatic N) is 3. The zero-order chi connectivity index (χ0) is 23.3. The third-order valence-corrected chi connectivity index (χ3v) is 7.01. The molecule has 2 aromatic rings. The predicted molar refractivity (Wildman–Crippen MR) is 126 cm³/mol. The van der Waals surface area contributed by atoms with Crippen LogP contribution in [0.2, 0.25) is 5.02 Å². The molecule has 2 saturated heterocycles. The van der Waals surface area contributed by atoms with E-state index < -0.39 is 5.95 Å². The van der Waals surface area contributed by atoms with E-state index in [1.54, 1.807) is 6.07 Å². The van der Waals surface area contributed by atoms with Crippen LogP contribution in [0.1, 0.15) is 39.0 Å². The van der Waals surface area contributed by atoms with Crippen LogP contribution in [0.25, 0.3) is 11.3 Å². The van der Waals surface area contributed by atoms with Crippen molar-refractivity contribution in [2.45, 2.75) is 39.0 Å². The van der Waals surface area contributed by atoms with Gasteiger partial charge < -0.3 is 20.7 Å². The van der Waals surface area contributed by atoms with Crippen molar-refractivity contribution < 1.29 is 13.9 Å². The third-order valence-electron chi connectivity index (χ3n) is 6.71. The Morgan fingerprint density at radius 2 is 2.15 bits per heavy atom. The van der Waals surface area contributed by atoms with Gasteiger partial charge in [0.15, 0.2) is 5.82 Å². The van der Waals surface area contributed by atoms with E-state index >= 15 is 0 Å². The Kier molecular flexibility index (Phi) is 7.72. The lowest BCUT2D eigenvalue weighted by molar-refractivity contribution is -0.120. The van der Waals surface area contributed by atoms with Crippen molar-refractivity contribution in [2.75, 3.05) is 43.5 Å². The van der Waals surface area contributed by atoms with Crippen molar-refractivity contribution in [2.24, 2.45) is 11.3 Å². The molecule has 0 bridgehead atoms. The maximum absolute atomic E-state index is 14.5. The molecule has 4 rings (SSSR count). The number of hydrogen-bond acceptors (Lipinski definition) is 7. The van der Waals surface area contributed by atoms with Crippen LogP contribution < -0.4 is 16.0 Å². The molecule has 2 aromatic heterocycles. The van der Waals surface area contributed by atoms with Gasteiger partial charge in [0.05, 0.1) is 22.8 Å². The average molecular weight is 477 g/mol. The van der Waals surface area contributed by atoms with Crippen molar-refractivity contribution in [1.29, 1.82) is 0 Å². The average Bonchev–Trinajstić information content (AvgIpc) is 2.86. The lowest BCUT2D eigenvalue weighted by atomic mass is 9.78. The summed E-state index contributed by atoms with van der Waals surface area (Å²) in [6.45, 7) is 5.73. The highest BCUT2D eigenvalue weighted by molar-refractivity contribution is 6.33. The Morgan fingerprint density at radius 3 is 2.88 bits per heavy atom. The van der Waals surface area contributed by atoms with E-state index in [-0.39, 0.29) is 23.1 Å². The monoisotopic (exact) mass is 476 g/mol. The van der Waals surface area contributed by atoms with E-state index in [0.717, 1.165) is 38.6 Å². The van der Waals surface area contributed by atoms with Crippen molar-refractivity contribution >= 4 is 29.1 Å². The highest BCUT2D eigenvalue weighted by atomic mass is 35.5. The molecule has 178 valence electrons. The van der Waals surface area contributed by atoms with E-state index in [2.05, 4.69) is 37.8 Å². The first-order valence-electron chi connectivity index (χ1n) is 11.5. The fraction of sp³-hybridized carbons (Fsp3) is 0.565. The minimum absolute atomic E-state index is 0.0438. The van der Waals surface area contributed by atoms with E-state index in [1.165, 1.54) is 12.4 Å². The van der Waals surface area contributed by atoms with Crippen LogP contribution in [0.5, 0.6) is 0 Å². The first-order chi connectivity index (χ1) is 16.0. The van der Waals surface area contributed by atoms with Gasteiger partial charge in [-0.25, -0.2) is 15.0 Å². The largest absolute Gasteiger partial charge is 0.381 e. The number of ether oxygens (including phenoxy) is 1. The van der Waals surface area contributed by atoms with Crippen LogP contribution in [-0.2, 0) is 9.53 Å². The first-order valence-corrected chi connectivity index (χ1v) is 11.9. The Morgan fingerprint density at radius 1 is 1.33 bits per heavy atom. The Bertz CT molecular complexity index is 979. The molecule has 33 heavy (non-hydrogen) atoms. The summed E-state index contributed by atoms with van der Waals surface area (Å²) in [7, 11) is 0. The second-order valence-corrected chi connectivity index (χ2v) is 9.20. The first kappa shape index (κ1) is 23.8. The number of carbonyl (C=O) groups is 1. The summed E-state index contributed by atoms with van der Waals surface area (Å²) in [5.41, 5.74) is 0.969. The second kappa shape index (κ2) is 10.7. The molecule has 8 nitrogen and oxygen atoms in total. The number of anilines is 2. The van der Waals surface area contributed by atoms with Gasteiger partial charge in [-0.15, -0.1) is 0 Å². The molecule has 1 amide bonds. The third kappa shape index (κ3) is 5.77. The smallest absolute Gasteiger partial charge is 0.255 e. The van der Waals surface area contributed by atoms with E-state index in [9.17, 15) is 9.18 Å². The molecule has 1 atom stereocenters. The molecular formula is C23H30ClFN6O2. The Balaban J connectivity index is 1.51. The maximum atomic E-state index is 14.5. The zero-order valence-corrected chi connectivity index (χ0v) is 19.6. The van der Waals surface area contributed by atoms with E-state index in [1.807, 2.05) is 0 Å². The molecule has 10 heteroatoms. The fourth-order valence-electron chi connectivity index (χ4n) is 4.35. The summed E-state index contributed by atoms with van der Waals surface area (Å²) in [6, 6.07) is 1.65.